The SMILES string of the molecule is Cc1ccc(C)c(N2CCN(C[C@]34CCO[C@H]3CNC4)CC2)c1. The molecular weight excluding hydrogens is 286 g/mol. The van der Waals surface area contributed by atoms with Crippen LogP contribution in [0.15, 0.2) is 18.2 Å². The van der Waals surface area contributed by atoms with Gasteiger partial charge in [0.25, 0.3) is 0 Å². The third kappa shape index (κ3) is 2.88. The molecule has 3 heterocycles. The Labute approximate surface area is 139 Å². The van der Waals surface area contributed by atoms with Crippen molar-refractivity contribution in [3.63, 3.8) is 0 Å². The first-order chi connectivity index (χ1) is 11.2. The van der Waals surface area contributed by atoms with Crippen molar-refractivity contribution in [1.82, 2.24) is 10.2 Å². The molecule has 0 aliphatic carbocycles. The van der Waals surface area contributed by atoms with Crippen LogP contribution in [0.1, 0.15) is 17.5 Å². The summed E-state index contributed by atoms with van der Waals surface area (Å²) >= 11 is 0. The van der Waals surface area contributed by atoms with Gasteiger partial charge < -0.3 is 15.0 Å². The van der Waals surface area contributed by atoms with Crippen molar-refractivity contribution in [1.29, 1.82) is 0 Å². The van der Waals surface area contributed by atoms with E-state index in [2.05, 4.69) is 47.2 Å². The molecule has 0 bridgehead atoms. The van der Waals surface area contributed by atoms with Gasteiger partial charge >= 0.3 is 0 Å². The van der Waals surface area contributed by atoms with E-state index in [1.165, 1.54) is 42.9 Å². The fourth-order valence-electron chi connectivity index (χ4n) is 4.56. The Morgan fingerprint density at radius 2 is 2.04 bits per heavy atom. The lowest BCUT2D eigenvalue weighted by Crippen LogP contribution is -2.51. The molecule has 0 spiro atoms. The Balaban J connectivity index is 1.39. The third-order valence-corrected chi connectivity index (χ3v) is 6.02. The molecule has 0 radical (unpaired) electrons. The molecule has 1 N–H and O–H groups in total. The van der Waals surface area contributed by atoms with Gasteiger partial charge in [0.05, 0.1) is 6.10 Å². The maximum atomic E-state index is 5.94. The van der Waals surface area contributed by atoms with Crippen LogP contribution in [-0.4, -0.2) is 63.4 Å². The van der Waals surface area contributed by atoms with Gasteiger partial charge in [0.15, 0.2) is 0 Å². The predicted octanol–water partition coefficient (Wildman–Crippen LogP) is 1.80. The van der Waals surface area contributed by atoms with E-state index in [0.29, 0.717) is 11.5 Å². The molecule has 3 aliphatic rings. The summed E-state index contributed by atoms with van der Waals surface area (Å²) in [5, 5.41) is 3.54. The quantitative estimate of drug-likeness (QED) is 0.921. The number of rotatable bonds is 3. The summed E-state index contributed by atoms with van der Waals surface area (Å²) in [7, 11) is 0. The first kappa shape index (κ1) is 15.4. The Hall–Kier alpha value is -1.10. The van der Waals surface area contributed by atoms with Crippen molar-refractivity contribution in [2.45, 2.75) is 26.4 Å². The molecule has 3 saturated heterocycles. The molecular formula is C19H29N3O. The van der Waals surface area contributed by atoms with Crippen LogP contribution in [0.25, 0.3) is 0 Å². The highest BCUT2D eigenvalue weighted by Crippen LogP contribution is 2.38. The molecule has 4 rings (SSSR count). The van der Waals surface area contributed by atoms with Gasteiger partial charge in [-0.25, -0.2) is 0 Å². The molecule has 1 aromatic carbocycles. The second-order valence-electron chi connectivity index (χ2n) is 7.66. The van der Waals surface area contributed by atoms with Gasteiger partial charge in [0.2, 0.25) is 0 Å². The average Bonchev–Trinajstić information content (AvgIpc) is 3.10. The first-order valence-corrected chi connectivity index (χ1v) is 9.03. The van der Waals surface area contributed by atoms with Crippen molar-refractivity contribution < 1.29 is 4.74 Å². The van der Waals surface area contributed by atoms with E-state index in [0.717, 1.165) is 32.8 Å². The van der Waals surface area contributed by atoms with Crippen LogP contribution in [-0.2, 0) is 4.74 Å². The molecule has 2 atom stereocenters. The molecule has 4 nitrogen and oxygen atoms in total. The van der Waals surface area contributed by atoms with E-state index in [1.807, 2.05) is 0 Å². The van der Waals surface area contributed by atoms with Crippen LogP contribution in [0.2, 0.25) is 0 Å². The number of hydrogen-bond acceptors (Lipinski definition) is 4. The third-order valence-electron chi connectivity index (χ3n) is 6.02. The van der Waals surface area contributed by atoms with E-state index < -0.39 is 0 Å². The summed E-state index contributed by atoms with van der Waals surface area (Å²) in [6, 6.07) is 6.80. The number of anilines is 1. The van der Waals surface area contributed by atoms with Gasteiger partial charge in [0.1, 0.15) is 0 Å². The summed E-state index contributed by atoms with van der Waals surface area (Å²) in [6.07, 6.45) is 1.67. The van der Waals surface area contributed by atoms with E-state index in [9.17, 15) is 0 Å². The lowest BCUT2D eigenvalue weighted by molar-refractivity contribution is 0.0603. The Morgan fingerprint density at radius 1 is 1.22 bits per heavy atom. The van der Waals surface area contributed by atoms with E-state index >= 15 is 0 Å². The van der Waals surface area contributed by atoms with Crippen LogP contribution in [0, 0.1) is 19.3 Å². The summed E-state index contributed by atoms with van der Waals surface area (Å²) in [4.78, 5) is 5.22. The summed E-state index contributed by atoms with van der Waals surface area (Å²) in [5.41, 5.74) is 4.55. The number of ether oxygens (including phenoxy) is 1. The van der Waals surface area contributed by atoms with Gasteiger partial charge in [-0.15, -0.1) is 0 Å². The highest BCUT2D eigenvalue weighted by atomic mass is 16.5. The number of hydrogen-bond donors (Lipinski definition) is 1. The van der Waals surface area contributed by atoms with E-state index in [1.54, 1.807) is 0 Å². The van der Waals surface area contributed by atoms with Crippen molar-refractivity contribution in [2.75, 3.05) is 57.3 Å². The number of fused-ring (bicyclic) bond motifs is 1. The number of piperazine rings is 1. The summed E-state index contributed by atoms with van der Waals surface area (Å²) in [5.74, 6) is 0. The van der Waals surface area contributed by atoms with Crippen LogP contribution in [0.5, 0.6) is 0 Å². The lowest BCUT2D eigenvalue weighted by Gasteiger charge is -2.41. The molecule has 3 aliphatic heterocycles. The van der Waals surface area contributed by atoms with Crippen LogP contribution >= 0.6 is 0 Å². The molecule has 0 saturated carbocycles. The minimum absolute atomic E-state index is 0.376. The minimum Gasteiger partial charge on any atom is -0.376 e. The maximum absolute atomic E-state index is 5.94. The number of nitrogens with one attached hydrogen (secondary N) is 1. The van der Waals surface area contributed by atoms with Crippen LogP contribution in [0.3, 0.4) is 0 Å². The van der Waals surface area contributed by atoms with Gasteiger partial charge in [-0.1, -0.05) is 12.1 Å². The second kappa shape index (κ2) is 6.08. The zero-order chi connectivity index (χ0) is 15.9. The molecule has 23 heavy (non-hydrogen) atoms. The molecule has 3 fully saturated rings. The summed E-state index contributed by atoms with van der Waals surface area (Å²) in [6.45, 7) is 13.4. The smallest absolute Gasteiger partial charge is 0.0780 e. The van der Waals surface area contributed by atoms with Gasteiger partial charge in [-0.2, -0.15) is 0 Å². The van der Waals surface area contributed by atoms with E-state index in [-0.39, 0.29) is 0 Å². The van der Waals surface area contributed by atoms with Gasteiger partial charge in [0, 0.05) is 63.5 Å². The zero-order valence-electron chi connectivity index (χ0n) is 14.5. The maximum Gasteiger partial charge on any atom is 0.0780 e. The first-order valence-electron chi connectivity index (χ1n) is 9.03. The molecule has 0 amide bonds. The number of nitrogens with zero attached hydrogens (tertiary/aromatic N) is 2. The van der Waals surface area contributed by atoms with Crippen LogP contribution < -0.4 is 10.2 Å². The molecule has 4 heteroatoms. The minimum atomic E-state index is 0.376. The van der Waals surface area contributed by atoms with Crippen molar-refractivity contribution in [3.8, 4) is 0 Å². The zero-order valence-corrected chi connectivity index (χ0v) is 14.5. The topological polar surface area (TPSA) is 27.7 Å². The van der Waals surface area contributed by atoms with E-state index in [4.69, 9.17) is 4.74 Å². The Morgan fingerprint density at radius 3 is 2.87 bits per heavy atom. The molecule has 126 valence electrons. The van der Waals surface area contributed by atoms with Crippen LogP contribution in [0.4, 0.5) is 5.69 Å². The number of benzene rings is 1. The van der Waals surface area contributed by atoms with Gasteiger partial charge in [-0.3, -0.25) is 4.90 Å². The number of aryl methyl sites for hydroxylation is 2. The molecule has 0 aromatic heterocycles. The highest BCUT2D eigenvalue weighted by Gasteiger charge is 2.48. The van der Waals surface area contributed by atoms with Crippen molar-refractivity contribution in [2.24, 2.45) is 5.41 Å². The van der Waals surface area contributed by atoms with Gasteiger partial charge in [-0.05, 0) is 37.5 Å². The summed E-state index contributed by atoms with van der Waals surface area (Å²) < 4.78 is 5.94. The highest BCUT2D eigenvalue weighted by molar-refractivity contribution is 5.55. The van der Waals surface area contributed by atoms with Crippen molar-refractivity contribution >= 4 is 5.69 Å². The standard InChI is InChI=1S/C19H29N3O/c1-15-3-4-16(2)17(11-15)22-8-6-21(7-9-22)14-19-5-10-23-18(19)12-20-13-19/h3-4,11,18,20H,5-10,12-14H2,1-2H3/t18-,19+/m0/s1. The average molecular weight is 315 g/mol. The lowest BCUT2D eigenvalue weighted by atomic mass is 9.83. The fourth-order valence-corrected chi connectivity index (χ4v) is 4.56. The molecule has 1 aromatic rings. The Bertz CT molecular complexity index is 556. The predicted molar refractivity (Wildman–Crippen MR) is 94.2 cm³/mol. The normalized spacial score (nSPS) is 31.6. The Kier molecular flexibility index (Phi) is 4.08. The second-order valence-corrected chi connectivity index (χ2v) is 7.66. The monoisotopic (exact) mass is 315 g/mol. The fraction of sp³-hybridized carbons (Fsp3) is 0.684. The molecule has 0 unspecified atom stereocenters. The van der Waals surface area contributed by atoms with Crippen molar-refractivity contribution in [3.05, 3.63) is 29.3 Å². The largest absolute Gasteiger partial charge is 0.376 e.